The van der Waals surface area contributed by atoms with Crippen molar-refractivity contribution in [1.29, 1.82) is 0 Å². The summed E-state index contributed by atoms with van der Waals surface area (Å²) in [5, 5.41) is 2.31. The van der Waals surface area contributed by atoms with Crippen LogP contribution >= 0.6 is 0 Å². The van der Waals surface area contributed by atoms with E-state index in [0.29, 0.717) is 12.4 Å². The topological polar surface area (TPSA) is 48.0 Å². The highest BCUT2D eigenvalue weighted by molar-refractivity contribution is 6.09. The van der Waals surface area contributed by atoms with E-state index in [1.807, 2.05) is 48.5 Å². The highest BCUT2D eigenvalue weighted by Crippen LogP contribution is 2.33. The number of fused-ring (bicyclic) bond motifs is 4. The molecule has 0 N–H and O–H groups in total. The van der Waals surface area contributed by atoms with Crippen LogP contribution in [0.3, 0.4) is 0 Å². The fourth-order valence-electron chi connectivity index (χ4n) is 4.31. The van der Waals surface area contributed by atoms with Gasteiger partial charge in [-0.25, -0.2) is 4.98 Å². The van der Waals surface area contributed by atoms with Crippen molar-refractivity contribution in [3.8, 4) is 22.6 Å². The second-order valence-corrected chi connectivity index (χ2v) is 7.59. The molecule has 6 aromatic rings. The van der Waals surface area contributed by atoms with E-state index in [2.05, 4.69) is 52.0 Å². The van der Waals surface area contributed by atoms with Crippen LogP contribution < -0.4 is 0 Å². The van der Waals surface area contributed by atoms with Gasteiger partial charge in [0.1, 0.15) is 11.8 Å². The van der Waals surface area contributed by atoms with E-state index in [4.69, 9.17) is 4.42 Å². The number of nitrogens with zero attached hydrogens (tertiary/aromatic N) is 2. The molecule has 0 saturated heterocycles. The van der Waals surface area contributed by atoms with E-state index in [-0.39, 0.29) is 0 Å². The number of carbonyl (C=O) groups is 1. The maximum absolute atomic E-state index is 11.2. The fraction of sp³-hybridized carbons (Fsp3) is 0.0370. The molecule has 148 valence electrons. The summed E-state index contributed by atoms with van der Waals surface area (Å²) < 4.78 is 7.96. The third-order valence-electron chi connectivity index (χ3n) is 5.79. The van der Waals surface area contributed by atoms with Crippen LogP contribution in [0.5, 0.6) is 0 Å². The lowest BCUT2D eigenvalue weighted by molar-refractivity contribution is -0.108. The van der Waals surface area contributed by atoms with Gasteiger partial charge in [-0.3, -0.25) is 0 Å². The molecule has 0 atom stereocenters. The van der Waals surface area contributed by atoms with Gasteiger partial charge < -0.3 is 13.8 Å². The molecule has 4 aromatic carbocycles. The van der Waals surface area contributed by atoms with Crippen molar-refractivity contribution in [2.45, 2.75) is 6.54 Å². The zero-order valence-corrected chi connectivity index (χ0v) is 16.7. The third kappa shape index (κ3) is 2.84. The maximum atomic E-state index is 11.2. The van der Waals surface area contributed by atoms with Crippen LogP contribution in [0.2, 0.25) is 0 Å². The van der Waals surface area contributed by atoms with E-state index in [1.165, 1.54) is 0 Å². The molecule has 0 saturated carbocycles. The van der Waals surface area contributed by atoms with E-state index in [9.17, 15) is 4.79 Å². The number of hydrogen-bond acceptors (Lipinski definition) is 3. The van der Waals surface area contributed by atoms with Crippen molar-refractivity contribution < 1.29 is 9.21 Å². The number of hydrogen-bond donors (Lipinski definition) is 0. The first-order chi connectivity index (χ1) is 15.3. The summed E-state index contributed by atoms with van der Waals surface area (Å²) in [6, 6.07) is 30.7. The molecule has 0 amide bonds. The summed E-state index contributed by atoms with van der Waals surface area (Å²) in [4.78, 5) is 15.8. The highest BCUT2D eigenvalue weighted by Gasteiger charge is 2.12. The zero-order chi connectivity index (χ0) is 20.8. The van der Waals surface area contributed by atoms with E-state index >= 15 is 0 Å². The molecule has 31 heavy (non-hydrogen) atoms. The van der Waals surface area contributed by atoms with Crippen molar-refractivity contribution in [3.63, 3.8) is 0 Å². The average molecular weight is 402 g/mol. The Morgan fingerprint density at radius 3 is 2.29 bits per heavy atom. The molecule has 0 aliphatic carbocycles. The lowest BCUT2D eigenvalue weighted by Gasteiger charge is -2.05. The predicted molar refractivity (Wildman–Crippen MR) is 124 cm³/mol. The molecule has 4 heteroatoms. The Bertz CT molecular complexity index is 1540. The van der Waals surface area contributed by atoms with Gasteiger partial charge in [-0.05, 0) is 53.6 Å². The second kappa shape index (κ2) is 6.96. The third-order valence-corrected chi connectivity index (χ3v) is 5.79. The Morgan fingerprint density at radius 1 is 0.742 bits per heavy atom. The van der Waals surface area contributed by atoms with E-state index in [0.717, 1.165) is 55.9 Å². The first-order valence-electron chi connectivity index (χ1n) is 10.2. The quantitative estimate of drug-likeness (QED) is 0.318. The molecule has 0 unspecified atom stereocenters. The van der Waals surface area contributed by atoms with E-state index < -0.39 is 0 Å². The van der Waals surface area contributed by atoms with Crippen LogP contribution in [-0.4, -0.2) is 15.8 Å². The Hall–Kier alpha value is -4.18. The van der Waals surface area contributed by atoms with Gasteiger partial charge in [-0.15, -0.1) is 0 Å². The number of carbonyl (C=O) groups excluding carboxylic acids is 1. The smallest absolute Gasteiger partial charge is 0.227 e. The minimum Gasteiger partial charge on any atom is -0.436 e. The Morgan fingerprint density at radius 2 is 1.45 bits per heavy atom. The van der Waals surface area contributed by atoms with E-state index in [1.54, 1.807) is 0 Å². The van der Waals surface area contributed by atoms with Gasteiger partial charge >= 0.3 is 0 Å². The lowest BCUT2D eigenvalue weighted by Crippen LogP contribution is -1.97. The summed E-state index contributed by atoms with van der Waals surface area (Å²) in [6.07, 6.45) is 0.949. The second-order valence-electron chi connectivity index (χ2n) is 7.59. The monoisotopic (exact) mass is 402 g/mol. The van der Waals surface area contributed by atoms with Crippen molar-refractivity contribution >= 4 is 39.2 Å². The Kier molecular flexibility index (Phi) is 3.96. The van der Waals surface area contributed by atoms with Crippen LogP contribution in [0.4, 0.5) is 0 Å². The van der Waals surface area contributed by atoms with Gasteiger partial charge in [0.15, 0.2) is 5.58 Å². The zero-order valence-electron chi connectivity index (χ0n) is 16.7. The normalized spacial score (nSPS) is 11.5. The van der Waals surface area contributed by atoms with Gasteiger partial charge in [-0.1, -0.05) is 48.5 Å². The van der Waals surface area contributed by atoms with Crippen molar-refractivity contribution in [1.82, 2.24) is 9.55 Å². The maximum Gasteiger partial charge on any atom is 0.227 e. The molecule has 0 fully saturated rings. The number of para-hydroxylation sites is 3. The van der Waals surface area contributed by atoms with Crippen LogP contribution in [-0.2, 0) is 11.3 Å². The predicted octanol–water partition coefficient (Wildman–Crippen LogP) is 6.47. The minimum atomic E-state index is 0.350. The number of aromatic nitrogens is 2. The van der Waals surface area contributed by atoms with Gasteiger partial charge in [0.25, 0.3) is 0 Å². The molecule has 0 spiro atoms. The summed E-state index contributed by atoms with van der Waals surface area (Å²) >= 11 is 0. The summed E-state index contributed by atoms with van der Waals surface area (Å²) in [5.74, 6) is 0.625. The summed E-state index contributed by atoms with van der Waals surface area (Å²) in [6.45, 7) is 0.350. The molecule has 4 nitrogen and oxygen atoms in total. The molecule has 2 aromatic heterocycles. The van der Waals surface area contributed by atoms with Gasteiger partial charge in [0.2, 0.25) is 5.89 Å². The SMILES string of the molecule is O=CCn1c2ccccc2c2cc(-c3ccc(-c4nc5ccccc5o4)cc3)ccc21. The first-order valence-corrected chi connectivity index (χ1v) is 10.2. The standard InChI is InChI=1S/C27H18N2O2/c30-16-15-29-24-7-3-1-5-21(24)22-17-20(13-14-25(22)29)18-9-11-19(12-10-18)27-28-23-6-2-4-8-26(23)31-27/h1-14,16-17H,15H2. The first kappa shape index (κ1) is 17.7. The van der Waals surface area contributed by atoms with Crippen LogP contribution in [0, 0.1) is 0 Å². The molecular weight excluding hydrogens is 384 g/mol. The number of aldehydes is 1. The number of benzene rings is 4. The Labute approximate surface area is 178 Å². The summed E-state index contributed by atoms with van der Waals surface area (Å²) in [5.41, 5.74) is 6.99. The fourth-order valence-corrected chi connectivity index (χ4v) is 4.31. The molecule has 0 aliphatic rings. The van der Waals surface area contributed by atoms with Crippen LogP contribution in [0.15, 0.2) is 95.4 Å². The van der Waals surface area contributed by atoms with Crippen molar-refractivity contribution in [2.75, 3.05) is 0 Å². The largest absolute Gasteiger partial charge is 0.436 e. The average Bonchev–Trinajstić information content (AvgIpc) is 3.39. The number of rotatable bonds is 4. The molecule has 0 radical (unpaired) electrons. The molecule has 0 aliphatic heterocycles. The highest BCUT2D eigenvalue weighted by atomic mass is 16.3. The van der Waals surface area contributed by atoms with Gasteiger partial charge in [0, 0.05) is 27.4 Å². The van der Waals surface area contributed by atoms with Crippen LogP contribution in [0.1, 0.15) is 0 Å². The number of oxazole rings is 1. The van der Waals surface area contributed by atoms with Crippen molar-refractivity contribution in [3.05, 3.63) is 91.0 Å². The molecule has 2 heterocycles. The molecule has 6 rings (SSSR count). The van der Waals surface area contributed by atoms with Gasteiger partial charge in [0.05, 0.1) is 6.54 Å². The van der Waals surface area contributed by atoms with Crippen molar-refractivity contribution in [2.24, 2.45) is 0 Å². The van der Waals surface area contributed by atoms with Gasteiger partial charge in [-0.2, -0.15) is 0 Å². The molecule has 0 bridgehead atoms. The Balaban J connectivity index is 1.43. The lowest BCUT2D eigenvalue weighted by atomic mass is 10.0. The molecular formula is C27H18N2O2. The van der Waals surface area contributed by atoms with Crippen LogP contribution in [0.25, 0.3) is 55.5 Å². The minimum absolute atomic E-state index is 0.350. The summed E-state index contributed by atoms with van der Waals surface area (Å²) in [7, 11) is 0.